The number of guanidine groups is 2. The fourth-order valence-corrected chi connectivity index (χ4v) is 3.83. The maximum Gasteiger partial charge on any atom is 0.300 e. The number of carbonyl (C=O) groups is 3. The minimum absolute atomic E-state index is 0.0482. The van der Waals surface area contributed by atoms with Gasteiger partial charge >= 0.3 is 0 Å². The van der Waals surface area contributed by atoms with E-state index >= 15 is 0 Å². The summed E-state index contributed by atoms with van der Waals surface area (Å²) >= 11 is 0. The Morgan fingerprint density at radius 3 is 1.35 bits per heavy atom. The van der Waals surface area contributed by atoms with Gasteiger partial charge in [0.1, 0.15) is 0 Å². The Hall–Kier alpha value is -3.21. The van der Waals surface area contributed by atoms with Crippen LogP contribution in [0.4, 0.5) is 0 Å². The second kappa shape index (κ2) is 22.6. The van der Waals surface area contributed by atoms with Crippen molar-refractivity contribution in [2.45, 2.75) is 57.5 Å². The third-order valence-corrected chi connectivity index (χ3v) is 5.97. The number of hydrogen-bond acceptors (Lipinski definition) is 9. The van der Waals surface area contributed by atoms with Gasteiger partial charge in [0.05, 0.1) is 12.1 Å². The van der Waals surface area contributed by atoms with Crippen molar-refractivity contribution in [3.8, 4) is 0 Å². The first kappa shape index (κ1) is 36.8. The highest BCUT2D eigenvalue weighted by atomic mass is 16.4. The maximum atomic E-state index is 12.1. The number of amides is 2. The topological polar surface area (TPSA) is 283 Å². The molecule has 0 spiro atoms. The van der Waals surface area contributed by atoms with Gasteiger partial charge in [0, 0.05) is 59.3 Å². The lowest BCUT2D eigenvalue weighted by atomic mass is 10.1. The Bertz CT molecular complexity index is 718. The maximum absolute atomic E-state index is 12.1. The van der Waals surface area contributed by atoms with E-state index in [4.69, 9.17) is 44.3 Å². The van der Waals surface area contributed by atoms with E-state index in [1.807, 2.05) is 0 Å². The molecule has 2 amide bonds. The summed E-state index contributed by atoms with van der Waals surface area (Å²) in [6.07, 6.45) is 4.18. The number of carboxylic acid groups (broad SMARTS) is 1. The quantitative estimate of drug-likeness (QED) is 0.0439. The lowest BCUT2D eigenvalue weighted by Gasteiger charge is -2.34. The summed E-state index contributed by atoms with van der Waals surface area (Å²) in [4.78, 5) is 45.7. The number of aliphatic carboxylic acids is 1. The molecule has 15 N–H and O–H groups in total. The standard InChI is InChI=1S/C22H48N12O2.C2H4O2/c23-17(5-1-7-31-21(25)26)19(35)29-9-3-11-33-13-15-34(16-14-33)12-4-10-30-20(36)18(24)6-2-8-32-22(27)28;1-2(3)4/h17-18H,1-16,23-24H2,(H,29,35)(H,30,36)(H4,25,26,31)(H4,27,28,32);1H3,(H,3,4). The zero-order valence-electron chi connectivity index (χ0n) is 23.9. The highest BCUT2D eigenvalue weighted by Crippen LogP contribution is 2.03. The number of rotatable bonds is 18. The van der Waals surface area contributed by atoms with Crippen molar-refractivity contribution in [1.29, 1.82) is 0 Å². The summed E-state index contributed by atoms with van der Waals surface area (Å²) in [6, 6.07) is -1.08. The summed E-state index contributed by atoms with van der Waals surface area (Å²) in [5, 5.41) is 13.2. The highest BCUT2D eigenvalue weighted by Gasteiger charge is 2.17. The molecule has 1 saturated heterocycles. The van der Waals surface area contributed by atoms with Crippen molar-refractivity contribution in [3.05, 3.63) is 0 Å². The van der Waals surface area contributed by atoms with Gasteiger partial charge in [0.2, 0.25) is 11.8 Å². The van der Waals surface area contributed by atoms with Crippen molar-refractivity contribution in [1.82, 2.24) is 20.4 Å². The van der Waals surface area contributed by atoms with E-state index in [2.05, 4.69) is 30.4 Å². The molecule has 0 aromatic heterocycles. The van der Waals surface area contributed by atoms with E-state index in [-0.39, 0.29) is 23.7 Å². The molecule has 2 unspecified atom stereocenters. The largest absolute Gasteiger partial charge is 0.481 e. The van der Waals surface area contributed by atoms with Crippen LogP contribution in [0.5, 0.6) is 0 Å². The third kappa shape index (κ3) is 21.7. The molecule has 0 saturated carbocycles. The monoisotopic (exact) mass is 572 g/mol. The van der Waals surface area contributed by atoms with Gasteiger partial charge < -0.3 is 59.9 Å². The first-order valence-electron chi connectivity index (χ1n) is 13.7. The van der Waals surface area contributed by atoms with E-state index in [0.717, 1.165) is 59.0 Å². The molecule has 1 rings (SSSR count). The third-order valence-electron chi connectivity index (χ3n) is 5.97. The first-order valence-corrected chi connectivity index (χ1v) is 13.7. The van der Waals surface area contributed by atoms with Crippen LogP contribution in [0.15, 0.2) is 9.98 Å². The Balaban J connectivity index is 0.00000354. The van der Waals surface area contributed by atoms with E-state index < -0.39 is 18.1 Å². The van der Waals surface area contributed by atoms with Gasteiger partial charge in [-0.25, -0.2) is 0 Å². The van der Waals surface area contributed by atoms with Crippen LogP contribution in [0, 0.1) is 0 Å². The molecule has 0 bridgehead atoms. The summed E-state index contributed by atoms with van der Waals surface area (Å²) in [6.45, 7) is 9.08. The van der Waals surface area contributed by atoms with E-state index in [1.54, 1.807) is 0 Å². The second-order valence-electron chi connectivity index (χ2n) is 9.60. The summed E-state index contributed by atoms with van der Waals surface area (Å²) < 4.78 is 0. The molecule has 1 heterocycles. The Kier molecular flexibility index (Phi) is 20.8. The zero-order chi connectivity index (χ0) is 30.3. The van der Waals surface area contributed by atoms with Crippen LogP contribution in [0.2, 0.25) is 0 Å². The lowest BCUT2D eigenvalue weighted by Crippen LogP contribution is -2.48. The minimum Gasteiger partial charge on any atom is -0.481 e. The molecule has 40 heavy (non-hydrogen) atoms. The molecular weight excluding hydrogens is 520 g/mol. The molecule has 232 valence electrons. The van der Waals surface area contributed by atoms with Gasteiger partial charge in [0.15, 0.2) is 11.9 Å². The van der Waals surface area contributed by atoms with Crippen LogP contribution in [-0.4, -0.2) is 122 Å². The number of nitrogens with one attached hydrogen (secondary N) is 2. The average Bonchev–Trinajstić information content (AvgIpc) is 2.89. The average molecular weight is 573 g/mol. The van der Waals surface area contributed by atoms with Crippen molar-refractivity contribution in [2.24, 2.45) is 44.4 Å². The Morgan fingerprint density at radius 2 is 1.05 bits per heavy atom. The number of nitrogens with zero attached hydrogens (tertiary/aromatic N) is 4. The van der Waals surface area contributed by atoms with Gasteiger partial charge in [-0.15, -0.1) is 0 Å². The Morgan fingerprint density at radius 1 is 0.725 bits per heavy atom. The van der Waals surface area contributed by atoms with Crippen molar-refractivity contribution >= 4 is 29.7 Å². The first-order chi connectivity index (χ1) is 18.9. The lowest BCUT2D eigenvalue weighted by molar-refractivity contribution is -0.134. The molecular formula is C24H52N12O4. The summed E-state index contributed by atoms with van der Waals surface area (Å²) in [5.74, 6) is -1.01. The molecule has 16 heteroatoms. The van der Waals surface area contributed by atoms with Crippen LogP contribution >= 0.6 is 0 Å². The molecule has 2 atom stereocenters. The number of carboxylic acids is 1. The molecule has 1 aliphatic rings. The van der Waals surface area contributed by atoms with Crippen molar-refractivity contribution < 1.29 is 19.5 Å². The van der Waals surface area contributed by atoms with Crippen LogP contribution in [0.1, 0.15) is 45.4 Å². The molecule has 16 nitrogen and oxygen atoms in total. The number of hydrogen-bond donors (Lipinski definition) is 9. The molecule has 0 radical (unpaired) electrons. The predicted octanol–water partition coefficient (Wildman–Crippen LogP) is -3.53. The van der Waals surface area contributed by atoms with Gasteiger partial charge in [-0.05, 0) is 51.6 Å². The molecule has 0 aromatic carbocycles. The van der Waals surface area contributed by atoms with Crippen LogP contribution in [0.3, 0.4) is 0 Å². The summed E-state index contributed by atoms with van der Waals surface area (Å²) in [5.41, 5.74) is 32.9. The fourth-order valence-electron chi connectivity index (χ4n) is 3.83. The normalized spacial score (nSPS) is 15.1. The van der Waals surface area contributed by atoms with E-state index in [0.29, 0.717) is 51.9 Å². The van der Waals surface area contributed by atoms with Crippen LogP contribution < -0.4 is 45.0 Å². The number of nitrogens with two attached hydrogens (primary N) is 6. The SMILES string of the molecule is CC(=O)O.NC(N)=NCCCC(N)C(=O)NCCCN1CCN(CCCNC(=O)C(N)CCCN=C(N)N)CC1. The van der Waals surface area contributed by atoms with Gasteiger partial charge in [-0.1, -0.05) is 0 Å². The van der Waals surface area contributed by atoms with E-state index in [1.165, 1.54) is 0 Å². The van der Waals surface area contributed by atoms with Crippen LogP contribution in [0.25, 0.3) is 0 Å². The minimum atomic E-state index is -0.833. The molecule has 0 aliphatic carbocycles. The van der Waals surface area contributed by atoms with Gasteiger partial charge in [0.25, 0.3) is 5.97 Å². The number of aliphatic imine (C=N–C) groups is 2. The number of carbonyl (C=O) groups excluding carboxylic acids is 2. The number of piperazine rings is 1. The highest BCUT2D eigenvalue weighted by molar-refractivity contribution is 5.81. The zero-order valence-corrected chi connectivity index (χ0v) is 23.9. The molecule has 0 aromatic rings. The summed E-state index contributed by atoms with van der Waals surface area (Å²) in [7, 11) is 0. The smallest absolute Gasteiger partial charge is 0.300 e. The van der Waals surface area contributed by atoms with Gasteiger partial charge in [-0.2, -0.15) is 0 Å². The van der Waals surface area contributed by atoms with Crippen molar-refractivity contribution in [3.63, 3.8) is 0 Å². The van der Waals surface area contributed by atoms with Gasteiger partial charge in [-0.3, -0.25) is 24.4 Å². The van der Waals surface area contributed by atoms with Crippen LogP contribution in [-0.2, 0) is 14.4 Å². The van der Waals surface area contributed by atoms with E-state index in [9.17, 15) is 9.59 Å². The molecule has 1 fully saturated rings. The Labute approximate surface area is 237 Å². The second-order valence-corrected chi connectivity index (χ2v) is 9.60. The fraction of sp³-hybridized carbons (Fsp3) is 0.792. The molecule has 1 aliphatic heterocycles. The van der Waals surface area contributed by atoms with Crippen molar-refractivity contribution in [2.75, 3.05) is 65.4 Å². The predicted molar refractivity (Wildman–Crippen MR) is 157 cm³/mol.